The SMILES string of the molecule is Cc1cccc(C2C(C(=O)c3cc4cc(Br)ccc4o3)=C(O)C(=O)N2c2ccc(CC(=O)OC(C)C)cc2)c1. The predicted octanol–water partition coefficient (Wildman–Crippen LogP) is 6.78. The number of rotatable bonds is 7. The molecule has 198 valence electrons. The fourth-order valence-electron chi connectivity index (χ4n) is 4.76. The standard InChI is InChI=1S/C31H26BrNO6/c1-17(2)38-26(34)14-19-7-10-23(11-8-19)33-28(20-6-4-5-18(3)13-20)27(30(36)31(33)37)29(35)25-16-21-15-22(32)9-12-24(21)39-25/h4-13,15-17,28,36H,14H2,1-3H3. The van der Waals surface area contributed by atoms with E-state index in [0.717, 1.165) is 10.0 Å². The van der Waals surface area contributed by atoms with Crippen LogP contribution in [0.15, 0.2) is 93.0 Å². The Labute approximate surface area is 233 Å². The number of nitrogens with zero attached hydrogens (tertiary/aromatic N) is 1. The van der Waals surface area contributed by atoms with Gasteiger partial charge in [0.1, 0.15) is 5.58 Å². The van der Waals surface area contributed by atoms with Crippen LogP contribution in [0.25, 0.3) is 11.0 Å². The minimum atomic E-state index is -0.887. The topological polar surface area (TPSA) is 97.0 Å². The van der Waals surface area contributed by atoms with Gasteiger partial charge >= 0.3 is 5.97 Å². The Morgan fingerprint density at radius 1 is 1.05 bits per heavy atom. The van der Waals surface area contributed by atoms with Crippen molar-refractivity contribution in [3.05, 3.63) is 111 Å². The van der Waals surface area contributed by atoms with E-state index in [1.807, 2.05) is 37.3 Å². The van der Waals surface area contributed by atoms with Crippen LogP contribution >= 0.6 is 15.9 Å². The molecule has 1 aliphatic heterocycles. The van der Waals surface area contributed by atoms with E-state index in [9.17, 15) is 19.5 Å². The van der Waals surface area contributed by atoms with Crippen LogP contribution in [0.5, 0.6) is 0 Å². The van der Waals surface area contributed by atoms with Gasteiger partial charge in [-0.2, -0.15) is 0 Å². The molecule has 1 unspecified atom stereocenters. The lowest BCUT2D eigenvalue weighted by atomic mass is 9.93. The van der Waals surface area contributed by atoms with Crippen molar-refractivity contribution in [2.45, 2.75) is 39.3 Å². The Morgan fingerprint density at radius 2 is 1.79 bits per heavy atom. The minimum Gasteiger partial charge on any atom is -0.503 e. The number of ketones is 1. The van der Waals surface area contributed by atoms with Crippen molar-refractivity contribution in [2.24, 2.45) is 0 Å². The number of aliphatic hydroxyl groups excluding tert-OH is 1. The van der Waals surface area contributed by atoms with Crippen molar-refractivity contribution < 1.29 is 28.6 Å². The average Bonchev–Trinajstić information content (AvgIpc) is 3.42. The second kappa shape index (κ2) is 10.5. The van der Waals surface area contributed by atoms with Gasteiger partial charge in [0, 0.05) is 15.5 Å². The molecule has 2 heterocycles. The summed E-state index contributed by atoms with van der Waals surface area (Å²) in [6.07, 6.45) is -0.129. The molecule has 0 saturated heterocycles. The third-order valence-electron chi connectivity index (χ3n) is 6.44. The minimum absolute atomic E-state index is 0.0240. The summed E-state index contributed by atoms with van der Waals surface area (Å²) in [7, 11) is 0. The number of amides is 1. The summed E-state index contributed by atoms with van der Waals surface area (Å²) < 4.78 is 11.9. The number of aliphatic hydroxyl groups is 1. The Bertz CT molecular complexity index is 1630. The number of esters is 1. The summed E-state index contributed by atoms with van der Waals surface area (Å²) in [6.45, 7) is 5.49. The lowest BCUT2D eigenvalue weighted by molar-refractivity contribution is -0.146. The number of fused-ring (bicyclic) bond motifs is 1. The van der Waals surface area contributed by atoms with Gasteiger partial charge < -0.3 is 14.3 Å². The van der Waals surface area contributed by atoms with E-state index in [2.05, 4.69) is 15.9 Å². The smallest absolute Gasteiger partial charge is 0.310 e. The molecule has 39 heavy (non-hydrogen) atoms. The van der Waals surface area contributed by atoms with Gasteiger partial charge in [-0.25, -0.2) is 0 Å². The van der Waals surface area contributed by atoms with Crippen LogP contribution in [0.4, 0.5) is 5.69 Å². The van der Waals surface area contributed by atoms with Crippen LogP contribution in [0.2, 0.25) is 0 Å². The highest BCUT2D eigenvalue weighted by Gasteiger charge is 2.45. The lowest BCUT2D eigenvalue weighted by Gasteiger charge is -2.27. The molecule has 1 aliphatic rings. The number of ether oxygens (including phenoxy) is 1. The molecule has 0 aliphatic carbocycles. The Kier molecular flexibility index (Phi) is 7.14. The van der Waals surface area contributed by atoms with Crippen molar-refractivity contribution in [1.29, 1.82) is 0 Å². The average molecular weight is 588 g/mol. The van der Waals surface area contributed by atoms with Crippen LogP contribution in [-0.2, 0) is 20.7 Å². The van der Waals surface area contributed by atoms with Gasteiger partial charge in [-0.1, -0.05) is 57.9 Å². The molecule has 7 nitrogen and oxygen atoms in total. The summed E-state index contributed by atoms with van der Waals surface area (Å²) in [5.74, 6) is -2.22. The van der Waals surface area contributed by atoms with Crippen molar-refractivity contribution >= 4 is 50.2 Å². The number of benzene rings is 3. The Balaban J connectivity index is 1.54. The van der Waals surface area contributed by atoms with Gasteiger partial charge in [-0.3, -0.25) is 19.3 Å². The molecule has 4 aromatic rings. The quantitative estimate of drug-likeness (QED) is 0.189. The van der Waals surface area contributed by atoms with E-state index in [0.29, 0.717) is 27.8 Å². The van der Waals surface area contributed by atoms with Crippen LogP contribution < -0.4 is 4.90 Å². The Hall–Kier alpha value is -4.17. The van der Waals surface area contributed by atoms with Crippen LogP contribution in [-0.4, -0.2) is 28.9 Å². The molecule has 0 fully saturated rings. The molecule has 1 N–H and O–H groups in total. The zero-order valence-corrected chi connectivity index (χ0v) is 23.2. The van der Waals surface area contributed by atoms with E-state index < -0.39 is 23.5 Å². The number of carbonyl (C=O) groups excluding carboxylic acids is 3. The van der Waals surface area contributed by atoms with Crippen LogP contribution in [0.1, 0.15) is 47.1 Å². The van der Waals surface area contributed by atoms with Gasteiger partial charge in [0.15, 0.2) is 11.5 Å². The summed E-state index contributed by atoms with van der Waals surface area (Å²) in [5.41, 5.74) is 3.24. The fourth-order valence-corrected chi connectivity index (χ4v) is 5.14. The van der Waals surface area contributed by atoms with Crippen LogP contribution in [0, 0.1) is 6.92 Å². The van der Waals surface area contributed by atoms with E-state index in [4.69, 9.17) is 9.15 Å². The molecule has 0 saturated carbocycles. The molecule has 0 spiro atoms. The fraction of sp³-hybridized carbons (Fsp3) is 0.194. The number of hydrogen-bond donors (Lipinski definition) is 1. The zero-order valence-electron chi connectivity index (χ0n) is 21.6. The molecule has 0 radical (unpaired) electrons. The molecule has 1 atom stereocenters. The van der Waals surface area contributed by atoms with Crippen molar-refractivity contribution in [2.75, 3.05) is 4.90 Å². The van der Waals surface area contributed by atoms with Crippen LogP contribution in [0.3, 0.4) is 0 Å². The van der Waals surface area contributed by atoms with E-state index in [-0.39, 0.29) is 29.8 Å². The number of aryl methyl sites for hydroxylation is 1. The second-order valence-electron chi connectivity index (χ2n) is 9.76. The molecule has 1 aromatic heterocycles. The van der Waals surface area contributed by atoms with Crippen molar-refractivity contribution in [3.8, 4) is 0 Å². The predicted molar refractivity (Wildman–Crippen MR) is 151 cm³/mol. The number of carbonyl (C=O) groups is 3. The van der Waals surface area contributed by atoms with Gasteiger partial charge in [-0.05, 0) is 68.3 Å². The maximum atomic E-state index is 13.8. The van der Waals surface area contributed by atoms with Gasteiger partial charge in [-0.15, -0.1) is 0 Å². The maximum Gasteiger partial charge on any atom is 0.310 e. The molecule has 1 amide bonds. The molecule has 3 aromatic carbocycles. The molecule has 5 rings (SSSR count). The first-order chi connectivity index (χ1) is 18.6. The van der Waals surface area contributed by atoms with E-state index >= 15 is 0 Å². The first kappa shape index (κ1) is 26.4. The summed E-state index contributed by atoms with van der Waals surface area (Å²) in [5, 5.41) is 11.8. The number of furan rings is 1. The third kappa shape index (κ3) is 5.25. The molecular weight excluding hydrogens is 562 g/mol. The van der Waals surface area contributed by atoms with E-state index in [1.54, 1.807) is 56.3 Å². The monoisotopic (exact) mass is 587 g/mol. The normalized spacial score (nSPS) is 15.5. The Morgan fingerprint density at radius 3 is 2.49 bits per heavy atom. The highest BCUT2D eigenvalue weighted by atomic mass is 79.9. The second-order valence-corrected chi connectivity index (χ2v) is 10.7. The summed E-state index contributed by atoms with van der Waals surface area (Å²) in [6, 6.07) is 20.4. The first-order valence-electron chi connectivity index (χ1n) is 12.5. The number of Topliss-reactive ketones (excluding diaryl/α,β-unsaturated/α-hetero) is 1. The number of halogens is 1. The summed E-state index contributed by atoms with van der Waals surface area (Å²) in [4.78, 5) is 40.8. The van der Waals surface area contributed by atoms with Crippen molar-refractivity contribution in [1.82, 2.24) is 0 Å². The van der Waals surface area contributed by atoms with Gasteiger partial charge in [0.2, 0.25) is 5.78 Å². The van der Waals surface area contributed by atoms with E-state index in [1.165, 1.54) is 4.90 Å². The number of anilines is 1. The van der Waals surface area contributed by atoms with Gasteiger partial charge in [0.25, 0.3) is 5.91 Å². The summed E-state index contributed by atoms with van der Waals surface area (Å²) >= 11 is 3.42. The van der Waals surface area contributed by atoms with Crippen molar-refractivity contribution in [3.63, 3.8) is 0 Å². The highest BCUT2D eigenvalue weighted by Crippen LogP contribution is 2.42. The zero-order chi connectivity index (χ0) is 27.8. The molecule has 0 bridgehead atoms. The lowest BCUT2D eigenvalue weighted by Crippen LogP contribution is -2.31. The number of hydrogen-bond acceptors (Lipinski definition) is 6. The van der Waals surface area contributed by atoms with Gasteiger partial charge in [0.05, 0.1) is 24.1 Å². The largest absolute Gasteiger partial charge is 0.503 e. The third-order valence-corrected chi connectivity index (χ3v) is 6.94. The molecular formula is C31H26BrNO6. The molecule has 8 heteroatoms. The highest BCUT2D eigenvalue weighted by molar-refractivity contribution is 9.10. The maximum absolute atomic E-state index is 13.8. The first-order valence-corrected chi connectivity index (χ1v) is 13.3.